The molecule has 0 saturated carbocycles. The van der Waals surface area contributed by atoms with E-state index in [0.717, 1.165) is 5.69 Å². The Labute approximate surface area is 82.2 Å². The van der Waals surface area contributed by atoms with E-state index in [1.54, 1.807) is 20.0 Å². The van der Waals surface area contributed by atoms with E-state index in [9.17, 15) is 4.79 Å². The molecule has 0 saturated heterocycles. The summed E-state index contributed by atoms with van der Waals surface area (Å²) in [7, 11) is 0. The molecule has 0 radical (unpaired) electrons. The summed E-state index contributed by atoms with van der Waals surface area (Å²) in [5.74, 6) is 0. The van der Waals surface area contributed by atoms with Gasteiger partial charge in [-0.1, -0.05) is 0 Å². The molecule has 76 valence electrons. The number of rotatable bonds is 3. The van der Waals surface area contributed by atoms with Gasteiger partial charge in [0.25, 0.3) is 0 Å². The molecule has 14 heavy (non-hydrogen) atoms. The zero-order valence-electron chi connectivity index (χ0n) is 8.20. The summed E-state index contributed by atoms with van der Waals surface area (Å²) in [6, 6.07) is 3.73. The SMILES string of the molecule is CCOC(=O)N/N=C(\C)c1ccc[nH]1. The fourth-order valence-electron chi connectivity index (χ4n) is 0.908. The number of carbonyl (C=O) groups is 1. The zero-order chi connectivity index (χ0) is 10.4. The summed E-state index contributed by atoms with van der Waals surface area (Å²) in [5, 5.41) is 3.85. The van der Waals surface area contributed by atoms with E-state index in [2.05, 4.69) is 20.2 Å². The highest BCUT2D eigenvalue weighted by atomic mass is 16.5. The van der Waals surface area contributed by atoms with Crippen molar-refractivity contribution in [2.45, 2.75) is 13.8 Å². The number of aromatic amines is 1. The molecule has 1 heterocycles. The van der Waals surface area contributed by atoms with Crippen LogP contribution in [0.1, 0.15) is 19.5 Å². The first-order valence-electron chi connectivity index (χ1n) is 4.35. The lowest BCUT2D eigenvalue weighted by Gasteiger charge is -2.00. The average Bonchev–Trinajstić information content (AvgIpc) is 2.67. The van der Waals surface area contributed by atoms with Crippen LogP contribution >= 0.6 is 0 Å². The minimum Gasteiger partial charge on any atom is -0.449 e. The van der Waals surface area contributed by atoms with Crippen molar-refractivity contribution < 1.29 is 9.53 Å². The molecule has 0 bridgehead atoms. The number of aromatic nitrogens is 1. The molecule has 1 aromatic heterocycles. The largest absolute Gasteiger partial charge is 0.449 e. The first kappa shape index (κ1) is 10.3. The van der Waals surface area contributed by atoms with Gasteiger partial charge in [-0.15, -0.1) is 0 Å². The Morgan fingerprint density at radius 2 is 2.50 bits per heavy atom. The molecule has 0 spiro atoms. The van der Waals surface area contributed by atoms with Crippen LogP contribution in [0.3, 0.4) is 0 Å². The monoisotopic (exact) mass is 195 g/mol. The smallest absolute Gasteiger partial charge is 0.427 e. The quantitative estimate of drug-likeness (QED) is 0.566. The fourth-order valence-corrected chi connectivity index (χ4v) is 0.908. The van der Waals surface area contributed by atoms with Gasteiger partial charge in [-0.05, 0) is 26.0 Å². The van der Waals surface area contributed by atoms with Crippen LogP contribution in [0.5, 0.6) is 0 Å². The Kier molecular flexibility index (Phi) is 3.72. The first-order chi connectivity index (χ1) is 6.74. The Bertz CT molecular complexity index is 317. The van der Waals surface area contributed by atoms with Gasteiger partial charge in [-0.25, -0.2) is 10.2 Å². The highest BCUT2D eigenvalue weighted by Crippen LogP contribution is 1.95. The standard InChI is InChI=1S/C9H13N3O2/c1-3-14-9(13)12-11-7(2)8-5-4-6-10-8/h4-6,10H,3H2,1-2H3,(H,12,13)/b11-7+. The number of H-pyrrole nitrogens is 1. The van der Waals surface area contributed by atoms with Gasteiger partial charge in [0.05, 0.1) is 18.0 Å². The molecule has 0 aromatic carbocycles. The summed E-state index contributed by atoms with van der Waals surface area (Å²) in [5.41, 5.74) is 3.84. The van der Waals surface area contributed by atoms with Crippen molar-refractivity contribution >= 4 is 11.8 Å². The Balaban J connectivity index is 2.49. The molecule has 1 aromatic rings. The summed E-state index contributed by atoms with van der Waals surface area (Å²) in [6.45, 7) is 3.86. The molecule has 0 aliphatic heterocycles. The molecule has 5 nitrogen and oxygen atoms in total. The predicted molar refractivity (Wildman–Crippen MR) is 53.2 cm³/mol. The van der Waals surface area contributed by atoms with E-state index in [-0.39, 0.29) is 0 Å². The van der Waals surface area contributed by atoms with Crippen molar-refractivity contribution in [2.24, 2.45) is 5.10 Å². The molecule has 0 atom stereocenters. The van der Waals surface area contributed by atoms with Crippen LogP contribution in [0.2, 0.25) is 0 Å². The molecule has 1 amide bonds. The topological polar surface area (TPSA) is 66.5 Å². The van der Waals surface area contributed by atoms with Crippen molar-refractivity contribution in [3.63, 3.8) is 0 Å². The molecule has 0 fully saturated rings. The van der Waals surface area contributed by atoms with E-state index in [0.29, 0.717) is 12.3 Å². The van der Waals surface area contributed by atoms with Crippen molar-refractivity contribution in [3.05, 3.63) is 24.0 Å². The molecule has 2 N–H and O–H groups in total. The van der Waals surface area contributed by atoms with Crippen LogP contribution in [0, 0.1) is 0 Å². The van der Waals surface area contributed by atoms with Crippen LogP contribution in [0.4, 0.5) is 4.79 Å². The van der Waals surface area contributed by atoms with Crippen molar-refractivity contribution in [3.8, 4) is 0 Å². The molecule has 5 heteroatoms. The number of hydrazone groups is 1. The van der Waals surface area contributed by atoms with Gasteiger partial charge in [0.1, 0.15) is 0 Å². The van der Waals surface area contributed by atoms with Crippen LogP contribution < -0.4 is 5.43 Å². The predicted octanol–water partition coefficient (Wildman–Crippen LogP) is 1.48. The average molecular weight is 195 g/mol. The number of nitrogens with one attached hydrogen (secondary N) is 2. The lowest BCUT2D eigenvalue weighted by atomic mass is 10.3. The number of carbonyl (C=O) groups excluding carboxylic acids is 1. The Morgan fingerprint density at radius 3 is 3.07 bits per heavy atom. The van der Waals surface area contributed by atoms with E-state index in [1.165, 1.54) is 0 Å². The highest BCUT2D eigenvalue weighted by Gasteiger charge is 2.00. The number of hydrogen-bond acceptors (Lipinski definition) is 3. The van der Waals surface area contributed by atoms with Crippen LogP contribution in [0.25, 0.3) is 0 Å². The van der Waals surface area contributed by atoms with Gasteiger partial charge >= 0.3 is 6.09 Å². The maximum Gasteiger partial charge on any atom is 0.427 e. The third-order valence-corrected chi connectivity index (χ3v) is 1.58. The summed E-state index contributed by atoms with van der Waals surface area (Å²) >= 11 is 0. The van der Waals surface area contributed by atoms with E-state index < -0.39 is 6.09 Å². The van der Waals surface area contributed by atoms with Gasteiger partial charge in [0.2, 0.25) is 0 Å². The summed E-state index contributed by atoms with van der Waals surface area (Å²) < 4.78 is 4.64. The van der Waals surface area contributed by atoms with Crippen LogP contribution in [-0.2, 0) is 4.74 Å². The number of ether oxygens (including phenoxy) is 1. The van der Waals surface area contributed by atoms with Crippen molar-refractivity contribution in [2.75, 3.05) is 6.61 Å². The minimum absolute atomic E-state index is 0.336. The third kappa shape index (κ3) is 2.93. The normalized spacial score (nSPS) is 11.1. The molecule has 0 unspecified atom stereocenters. The van der Waals surface area contributed by atoms with E-state index in [4.69, 9.17) is 0 Å². The molecular weight excluding hydrogens is 182 g/mol. The third-order valence-electron chi connectivity index (χ3n) is 1.58. The second-order valence-corrected chi connectivity index (χ2v) is 2.61. The van der Waals surface area contributed by atoms with Crippen molar-refractivity contribution in [1.29, 1.82) is 0 Å². The molecular formula is C9H13N3O2. The summed E-state index contributed by atoms with van der Waals surface area (Å²) in [4.78, 5) is 13.8. The maximum absolute atomic E-state index is 10.9. The van der Waals surface area contributed by atoms with Crippen LogP contribution in [0.15, 0.2) is 23.4 Å². The lowest BCUT2D eigenvalue weighted by molar-refractivity contribution is 0.152. The Morgan fingerprint density at radius 1 is 1.71 bits per heavy atom. The molecule has 0 aliphatic carbocycles. The van der Waals surface area contributed by atoms with Gasteiger partial charge < -0.3 is 9.72 Å². The van der Waals surface area contributed by atoms with Crippen LogP contribution in [-0.4, -0.2) is 23.4 Å². The second kappa shape index (κ2) is 5.06. The number of nitrogens with zero attached hydrogens (tertiary/aromatic N) is 1. The Hall–Kier alpha value is -1.78. The van der Waals surface area contributed by atoms with E-state index in [1.807, 2.05) is 12.1 Å². The first-order valence-corrected chi connectivity index (χ1v) is 4.35. The summed E-state index contributed by atoms with van der Waals surface area (Å²) in [6.07, 6.45) is 1.25. The molecule has 1 rings (SSSR count). The number of hydrogen-bond donors (Lipinski definition) is 2. The lowest BCUT2D eigenvalue weighted by Crippen LogP contribution is -2.20. The highest BCUT2D eigenvalue weighted by molar-refractivity contribution is 5.97. The van der Waals surface area contributed by atoms with Gasteiger partial charge in [-0.2, -0.15) is 5.10 Å². The van der Waals surface area contributed by atoms with Crippen molar-refractivity contribution in [1.82, 2.24) is 10.4 Å². The van der Waals surface area contributed by atoms with Gasteiger partial charge in [0, 0.05) is 6.20 Å². The second-order valence-electron chi connectivity index (χ2n) is 2.61. The van der Waals surface area contributed by atoms with Gasteiger partial charge in [0.15, 0.2) is 0 Å². The maximum atomic E-state index is 10.9. The number of amides is 1. The van der Waals surface area contributed by atoms with E-state index >= 15 is 0 Å². The van der Waals surface area contributed by atoms with Gasteiger partial charge in [-0.3, -0.25) is 0 Å². The zero-order valence-corrected chi connectivity index (χ0v) is 8.20. The fraction of sp³-hybridized carbons (Fsp3) is 0.333. The molecule has 0 aliphatic rings. The minimum atomic E-state index is -0.543.